The van der Waals surface area contributed by atoms with Crippen molar-refractivity contribution in [3.05, 3.63) is 58.1 Å². The smallest absolute Gasteiger partial charge is 0.141 e. The normalized spacial score (nSPS) is 9.83. The lowest BCUT2D eigenvalue weighted by molar-refractivity contribution is 0.281. The molecule has 0 aromatic heterocycles. The molecule has 2 rings (SSSR count). The van der Waals surface area contributed by atoms with E-state index in [1.54, 1.807) is 42.5 Å². The topological polar surface area (TPSA) is 53.2 Å². The van der Waals surface area contributed by atoms with Crippen molar-refractivity contribution in [2.75, 3.05) is 0 Å². The Hall–Kier alpha value is -1.83. The van der Waals surface area contributed by atoms with Crippen LogP contribution in [0.2, 0.25) is 0 Å². The van der Waals surface area contributed by atoms with Gasteiger partial charge in [-0.3, -0.25) is 0 Å². The number of hydrogen-bond donors (Lipinski definition) is 1. The summed E-state index contributed by atoms with van der Waals surface area (Å²) in [6, 6.07) is 14.4. The van der Waals surface area contributed by atoms with Gasteiger partial charge in [-0.25, -0.2) is 0 Å². The van der Waals surface area contributed by atoms with E-state index in [2.05, 4.69) is 22.0 Å². The van der Waals surface area contributed by atoms with Gasteiger partial charge in [-0.05, 0) is 51.8 Å². The number of halogens is 1. The third kappa shape index (κ3) is 2.89. The lowest BCUT2D eigenvalue weighted by Crippen LogP contribution is -1.89. The fourth-order valence-electron chi connectivity index (χ4n) is 1.48. The van der Waals surface area contributed by atoms with Crippen LogP contribution in [0.3, 0.4) is 0 Å². The molecule has 0 radical (unpaired) electrons. The molecule has 0 atom stereocenters. The molecule has 0 heterocycles. The van der Waals surface area contributed by atoms with Crippen LogP contribution in [-0.2, 0) is 6.61 Å². The highest BCUT2D eigenvalue weighted by atomic mass is 79.9. The fraction of sp³-hybridized carbons (Fsp3) is 0.0714. The van der Waals surface area contributed by atoms with E-state index in [0.717, 1.165) is 10.0 Å². The van der Waals surface area contributed by atoms with E-state index < -0.39 is 0 Å². The van der Waals surface area contributed by atoms with Gasteiger partial charge in [0.1, 0.15) is 11.5 Å². The number of aliphatic hydroxyl groups excluding tert-OH is 1. The third-order valence-corrected chi connectivity index (χ3v) is 2.99. The Morgan fingerprint density at radius 1 is 1.22 bits per heavy atom. The van der Waals surface area contributed by atoms with Crippen molar-refractivity contribution in [1.29, 1.82) is 5.26 Å². The molecular weight excluding hydrogens is 294 g/mol. The summed E-state index contributed by atoms with van der Waals surface area (Å²) in [4.78, 5) is 0. The number of rotatable bonds is 3. The summed E-state index contributed by atoms with van der Waals surface area (Å²) in [5.74, 6) is 1.24. The van der Waals surface area contributed by atoms with Crippen molar-refractivity contribution in [2.24, 2.45) is 0 Å². The number of aliphatic hydroxyl groups is 1. The molecule has 0 saturated heterocycles. The van der Waals surface area contributed by atoms with E-state index in [4.69, 9.17) is 15.1 Å². The van der Waals surface area contributed by atoms with E-state index in [0.29, 0.717) is 17.1 Å². The molecule has 2 aromatic carbocycles. The third-order valence-electron chi connectivity index (χ3n) is 2.37. The number of nitriles is 1. The van der Waals surface area contributed by atoms with Crippen LogP contribution < -0.4 is 4.74 Å². The van der Waals surface area contributed by atoms with Gasteiger partial charge in [0.25, 0.3) is 0 Å². The van der Waals surface area contributed by atoms with E-state index >= 15 is 0 Å². The molecule has 3 nitrogen and oxygen atoms in total. The molecule has 1 N–H and O–H groups in total. The molecule has 0 saturated carbocycles. The molecule has 90 valence electrons. The van der Waals surface area contributed by atoms with Crippen LogP contribution in [0.5, 0.6) is 11.5 Å². The molecule has 2 aromatic rings. The van der Waals surface area contributed by atoms with Crippen LogP contribution in [0.15, 0.2) is 46.9 Å². The maximum Gasteiger partial charge on any atom is 0.141 e. The lowest BCUT2D eigenvalue weighted by atomic mass is 10.2. The maximum absolute atomic E-state index is 9.01. The monoisotopic (exact) mass is 303 g/mol. The van der Waals surface area contributed by atoms with Gasteiger partial charge in [-0.15, -0.1) is 0 Å². The highest BCUT2D eigenvalue weighted by Crippen LogP contribution is 2.30. The summed E-state index contributed by atoms with van der Waals surface area (Å²) in [6.45, 7) is -0.0111. The van der Waals surface area contributed by atoms with Gasteiger partial charge >= 0.3 is 0 Å². The Morgan fingerprint density at radius 3 is 2.72 bits per heavy atom. The van der Waals surface area contributed by atoms with Crippen LogP contribution in [-0.4, -0.2) is 5.11 Å². The summed E-state index contributed by atoms with van der Waals surface area (Å²) < 4.78 is 6.43. The summed E-state index contributed by atoms with van der Waals surface area (Å²) in [5, 5.41) is 17.8. The minimum absolute atomic E-state index is 0.0111. The Labute approximate surface area is 113 Å². The summed E-state index contributed by atoms with van der Waals surface area (Å²) >= 11 is 3.38. The second-order valence-electron chi connectivity index (χ2n) is 3.66. The Bertz CT molecular complexity index is 605. The zero-order chi connectivity index (χ0) is 13.0. The van der Waals surface area contributed by atoms with Crippen molar-refractivity contribution in [2.45, 2.75) is 6.61 Å². The standard InChI is InChI=1S/C14H10BrNO2/c15-13-7-11(9-17)4-5-14(13)18-12-3-1-2-10(6-12)8-16/h1-7,17H,9H2. The zero-order valence-corrected chi connectivity index (χ0v) is 11.0. The van der Waals surface area contributed by atoms with Crippen molar-refractivity contribution in [3.63, 3.8) is 0 Å². The predicted molar refractivity (Wildman–Crippen MR) is 71.3 cm³/mol. The molecule has 0 amide bonds. The van der Waals surface area contributed by atoms with Crippen LogP contribution in [0.4, 0.5) is 0 Å². The number of benzene rings is 2. The molecule has 0 aliphatic heterocycles. The van der Waals surface area contributed by atoms with Gasteiger partial charge in [0, 0.05) is 0 Å². The van der Waals surface area contributed by atoms with Crippen LogP contribution in [0.1, 0.15) is 11.1 Å². The van der Waals surface area contributed by atoms with Gasteiger partial charge in [0.15, 0.2) is 0 Å². The first-order valence-electron chi connectivity index (χ1n) is 5.30. The first-order valence-corrected chi connectivity index (χ1v) is 6.09. The Balaban J connectivity index is 2.26. The predicted octanol–water partition coefficient (Wildman–Crippen LogP) is 3.61. The van der Waals surface area contributed by atoms with Crippen molar-refractivity contribution in [3.8, 4) is 17.6 Å². The molecular formula is C14H10BrNO2. The quantitative estimate of drug-likeness (QED) is 0.942. The highest BCUT2D eigenvalue weighted by molar-refractivity contribution is 9.10. The summed E-state index contributed by atoms with van der Waals surface area (Å²) in [6.07, 6.45) is 0. The SMILES string of the molecule is N#Cc1cccc(Oc2ccc(CO)cc2Br)c1. The molecule has 0 aliphatic carbocycles. The van der Waals surface area contributed by atoms with Crippen molar-refractivity contribution >= 4 is 15.9 Å². The molecule has 0 spiro atoms. The first kappa shape index (κ1) is 12.6. The number of nitrogens with zero attached hydrogens (tertiary/aromatic N) is 1. The van der Waals surface area contributed by atoms with Gasteiger partial charge in [-0.1, -0.05) is 12.1 Å². The minimum Gasteiger partial charge on any atom is -0.456 e. The molecule has 0 fully saturated rings. The molecule has 18 heavy (non-hydrogen) atoms. The number of ether oxygens (including phenoxy) is 1. The first-order chi connectivity index (χ1) is 8.72. The van der Waals surface area contributed by atoms with E-state index in [1.807, 2.05) is 0 Å². The second-order valence-corrected chi connectivity index (χ2v) is 4.52. The van der Waals surface area contributed by atoms with Gasteiger partial charge < -0.3 is 9.84 Å². The Morgan fingerprint density at radius 2 is 2.06 bits per heavy atom. The van der Waals surface area contributed by atoms with E-state index in [1.165, 1.54) is 0 Å². The number of hydrogen-bond acceptors (Lipinski definition) is 3. The second kappa shape index (κ2) is 5.67. The molecule has 0 aliphatic rings. The van der Waals surface area contributed by atoms with E-state index in [9.17, 15) is 0 Å². The molecule has 0 bridgehead atoms. The molecule has 0 unspecified atom stereocenters. The largest absolute Gasteiger partial charge is 0.456 e. The lowest BCUT2D eigenvalue weighted by Gasteiger charge is -2.08. The van der Waals surface area contributed by atoms with Crippen LogP contribution >= 0.6 is 15.9 Å². The van der Waals surface area contributed by atoms with Crippen LogP contribution in [0, 0.1) is 11.3 Å². The van der Waals surface area contributed by atoms with Gasteiger partial charge in [-0.2, -0.15) is 5.26 Å². The zero-order valence-electron chi connectivity index (χ0n) is 9.43. The summed E-state index contributed by atoms with van der Waals surface area (Å²) in [7, 11) is 0. The molecule has 4 heteroatoms. The fourth-order valence-corrected chi connectivity index (χ4v) is 1.99. The highest BCUT2D eigenvalue weighted by Gasteiger charge is 2.04. The van der Waals surface area contributed by atoms with Gasteiger partial charge in [0.2, 0.25) is 0 Å². The average molecular weight is 304 g/mol. The average Bonchev–Trinajstić information content (AvgIpc) is 2.41. The van der Waals surface area contributed by atoms with Gasteiger partial charge in [0.05, 0.1) is 22.7 Å². The van der Waals surface area contributed by atoms with Crippen molar-refractivity contribution < 1.29 is 9.84 Å². The Kier molecular flexibility index (Phi) is 3.98. The van der Waals surface area contributed by atoms with Crippen molar-refractivity contribution in [1.82, 2.24) is 0 Å². The van der Waals surface area contributed by atoms with E-state index in [-0.39, 0.29) is 6.61 Å². The minimum atomic E-state index is -0.0111. The van der Waals surface area contributed by atoms with Crippen LogP contribution in [0.25, 0.3) is 0 Å². The summed E-state index contributed by atoms with van der Waals surface area (Å²) in [5.41, 5.74) is 1.36. The maximum atomic E-state index is 9.01.